The van der Waals surface area contributed by atoms with Crippen LogP contribution in [0.15, 0.2) is 69.9 Å². The van der Waals surface area contributed by atoms with Crippen molar-refractivity contribution in [2.75, 3.05) is 0 Å². The molecule has 178 valence electrons. The molecular weight excluding hydrogens is 440 g/mol. The molecule has 0 radical (unpaired) electrons. The van der Waals surface area contributed by atoms with Gasteiger partial charge >= 0.3 is 0 Å². The Bertz CT molecular complexity index is 1020. The summed E-state index contributed by atoms with van der Waals surface area (Å²) in [5.74, 6) is -0.438. The first kappa shape index (κ1) is 24.3. The lowest BCUT2D eigenvalue weighted by Gasteiger charge is -2.15. The predicted octanol–water partition coefficient (Wildman–Crippen LogP) is 1.74. The van der Waals surface area contributed by atoms with Crippen molar-refractivity contribution in [3.05, 3.63) is 83.7 Å². The van der Waals surface area contributed by atoms with Gasteiger partial charge in [0.15, 0.2) is 0 Å². The molecule has 4 N–H and O–H groups in total. The van der Waals surface area contributed by atoms with Crippen molar-refractivity contribution in [2.45, 2.75) is 39.0 Å². The Hall–Kier alpha value is -4.34. The number of furan rings is 2. The van der Waals surface area contributed by atoms with Crippen molar-refractivity contribution >= 4 is 23.6 Å². The number of hydrogen-bond acceptors (Lipinski definition) is 6. The third-order valence-corrected chi connectivity index (χ3v) is 4.92. The molecule has 0 spiro atoms. The van der Waals surface area contributed by atoms with Crippen molar-refractivity contribution in [1.29, 1.82) is 0 Å². The van der Waals surface area contributed by atoms with Gasteiger partial charge in [0.1, 0.15) is 23.6 Å². The second-order valence-electron chi connectivity index (χ2n) is 7.56. The van der Waals surface area contributed by atoms with Gasteiger partial charge in [0, 0.05) is 11.1 Å². The Labute approximate surface area is 196 Å². The minimum absolute atomic E-state index is 0.217. The van der Waals surface area contributed by atoms with E-state index >= 15 is 0 Å². The molecule has 1 aromatic carbocycles. The molecule has 0 saturated heterocycles. The van der Waals surface area contributed by atoms with Crippen LogP contribution in [0.25, 0.3) is 0 Å². The average molecular weight is 466 g/mol. The van der Waals surface area contributed by atoms with Gasteiger partial charge in [-0.25, -0.2) is 0 Å². The summed E-state index contributed by atoms with van der Waals surface area (Å²) in [6.07, 6.45) is 3.02. The van der Waals surface area contributed by atoms with E-state index in [1.807, 2.05) is 0 Å². The van der Waals surface area contributed by atoms with Crippen molar-refractivity contribution in [3.8, 4) is 0 Å². The quantitative estimate of drug-likeness (QED) is 0.358. The van der Waals surface area contributed by atoms with Crippen molar-refractivity contribution < 1.29 is 28.0 Å². The molecule has 2 atom stereocenters. The first-order valence-corrected chi connectivity index (χ1v) is 10.7. The van der Waals surface area contributed by atoms with Gasteiger partial charge in [0.2, 0.25) is 11.8 Å². The third kappa shape index (κ3) is 6.83. The van der Waals surface area contributed by atoms with Gasteiger partial charge in [-0.1, -0.05) is 0 Å². The number of hydrogen-bond donors (Lipinski definition) is 4. The van der Waals surface area contributed by atoms with Crippen LogP contribution in [-0.4, -0.2) is 35.7 Å². The minimum Gasteiger partial charge on any atom is -0.467 e. The highest BCUT2D eigenvalue weighted by Gasteiger charge is 2.19. The zero-order valence-electron chi connectivity index (χ0n) is 18.8. The number of carbonyl (C=O) groups excluding carboxylic acids is 4. The molecule has 34 heavy (non-hydrogen) atoms. The molecule has 0 bridgehead atoms. The van der Waals surface area contributed by atoms with Crippen LogP contribution in [-0.2, 0) is 22.7 Å². The fourth-order valence-corrected chi connectivity index (χ4v) is 2.94. The van der Waals surface area contributed by atoms with Crippen molar-refractivity contribution in [1.82, 2.24) is 21.3 Å². The van der Waals surface area contributed by atoms with Gasteiger partial charge in [-0.15, -0.1) is 0 Å². The summed E-state index contributed by atoms with van der Waals surface area (Å²) in [4.78, 5) is 49.2. The molecule has 0 fully saturated rings. The number of nitrogens with one attached hydrogen (secondary N) is 4. The molecule has 3 rings (SSSR count). The van der Waals surface area contributed by atoms with Gasteiger partial charge in [0.05, 0.1) is 25.6 Å². The molecule has 2 heterocycles. The van der Waals surface area contributed by atoms with E-state index in [4.69, 9.17) is 8.83 Å². The largest absolute Gasteiger partial charge is 0.467 e. The first-order chi connectivity index (χ1) is 16.3. The van der Waals surface area contributed by atoms with Crippen LogP contribution >= 0.6 is 0 Å². The van der Waals surface area contributed by atoms with Crippen LogP contribution in [0.4, 0.5) is 0 Å². The average Bonchev–Trinajstić information content (AvgIpc) is 3.55. The van der Waals surface area contributed by atoms with Gasteiger partial charge in [-0.3, -0.25) is 19.2 Å². The van der Waals surface area contributed by atoms with Gasteiger partial charge in [-0.2, -0.15) is 0 Å². The highest BCUT2D eigenvalue weighted by Crippen LogP contribution is 2.06. The van der Waals surface area contributed by atoms with E-state index in [9.17, 15) is 19.2 Å². The number of amides is 4. The van der Waals surface area contributed by atoms with Crippen LogP contribution in [0.2, 0.25) is 0 Å². The summed E-state index contributed by atoms with van der Waals surface area (Å²) < 4.78 is 10.3. The zero-order valence-corrected chi connectivity index (χ0v) is 18.8. The second-order valence-corrected chi connectivity index (χ2v) is 7.56. The number of rotatable bonds is 10. The van der Waals surface area contributed by atoms with E-state index in [0.29, 0.717) is 11.5 Å². The van der Waals surface area contributed by atoms with Crippen LogP contribution in [0, 0.1) is 0 Å². The van der Waals surface area contributed by atoms with E-state index in [2.05, 4.69) is 21.3 Å². The Kier molecular flexibility index (Phi) is 8.22. The Morgan fingerprint density at radius 2 is 1.06 bits per heavy atom. The number of benzene rings is 1. The summed E-state index contributed by atoms with van der Waals surface area (Å²) in [6, 6.07) is 11.2. The molecule has 10 nitrogen and oxygen atoms in total. The van der Waals surface area contributed by atoms with Crippen molar-refractivity contribution in [2.24, 2.45) is 0 Å². The molecule has 4 amide bonds. The second kappa shape index (κ2) is 11.5. The van der Waals surface area contributed by atoms with E-state index < -0.39 is 23.9 Å². The van der Waals surface area contributed by atoms with Crippen molar-refractivity contribution in [3.63, 3.8) is 0 Å². The Morgan fingerprint density at radius 3 is 1.38 bits per heavy atom. The lowest BCUT2D eigenvalue weighted by atomic mass is 10.1. The van der Waals surface area contributed by atoms with E-state index in [1.54, 1.807) is 38.1 Å². The normalized spacial score (nSPS) is 12.3. The highest BCUT2D eigenvalue weighted by atomic mass is 16.3. The van der Waals surface area contributed by atoms with E-state index in [1.165, 1.54) is 36.8 Å². The minimum atomic E-state index is -0.772. The fraction of sp³-hybridized carbons (Fsp3) is 0.250. The SMILES string of the molecule is CC(NC(=O)c1ccc(C(=O)NC(C)C(=O)NCc2ccco2)cc1)C(=O)NCc1ccco1. The maximum Gasteiger partial charge on any atom is 0.251 e. The predicted molar refractivity (Wildman–Crippen MR) is 121 cm³/mol. The van der Waals surface area contributed by atoms with Crippen LogP contribution in [0.3, 0.4) is 0 Å². The Morgan fingerprint density at radius 1 is 0.676 bits per heavy atom. The maximum atomic E-state index is 12.4. The smallest absolute Gasteiger partial charge is 0.251 e. The molecule has 0 saturated carbocycles. The molecule has 0 aliphatic rings. The van der Waals surface area contributed by atoms with Crippen LogP contribution in [0.5, 0.6) is 0 Å². The van der Waals surface area contributed by atoms with Crippen LogP contribution in [0.1, 0.15) is 46.1 Å². The lowest BCUT2D eigenvalue weighted by Crippen LogP contribution is -2.44. The summed E-state index contributed by atoms with van der Waals surface area (Å²) in [5, 5.41) is 10.6. The topological polar surface area (TPSA) is 143 Å². The lowest BCUT2D eigenvalue weighted by molar-refractivity contribution is -0.123. The molecule has 3 aromatic rings. The van der Waals surface area contributed by atoms with Crippen LogP contribution < -0.4 is 21.3 Å². The molecule has 0 aliphatic heterocycles. The van der Waals surface area contributed by atoms with Gasteiger partial charge in [0.25, 0.3) is 11.8 Å². The zero-order chi connectivity index (χ0) is 24.5. The Balaban J connectivity index is 1.46. The first-order valence-electron chi connectivity index (χ1n) is 10.7. The van der Waals surface area contributed by atoms with E-state index in [-0.39, 0.29) is 36.0 Å². The summed E-state index contributed by atoms with van der Waals surface area (Å²) in [5.41, 5.74) is 0.568. The van der Waals surface area contributed by atoms with E-state index in [0.717, 1.165) is 0 Å². The van der Waals surface area contributed by atoms with Gasteiger partial charge in [-0.05, 0) is 62.4 Å². The standard InChI is InChI=1S/C24H26N4O6/c1-15(21(29)25-13-19-5-3-11-33-19)27-23(31)17-7-9-18(10-8-17)24(32)28-16(2)22(30)26-14-20-6-4-12-34-20/h3-12,15-16H,13-14H2,1-2H3,(H,25,29)(H,26,30)(H,27,31)(H,28,32). The molecular formula is C24H26N4O6. The van der Waals surface area contributed by atoms with Gasteiger partial charge < -0.3 is 30.1 Å². The number of carbonyl (C=O) groups is 4. The monoisotopic (exact) mass is 466 g/mol. The maximum absolute atomic E-state index is 12.4. The summed E-state index contributed by atoms with van der Waals surface area (Å²) in [7, 11) is 0. The highest BCUT2D eigenvalue weighted by molar-refractivity contribution is 6.00. The third-order valence-electron chi connectivity index (χ3n) is 4.92. The molecule has 10 heteroatoms. The molecule has 2 unspecified atom stereocenters. The fourth-order valence-electron chi connectivity index (χ4n) is 2.94. The molecule has 2 aromatic heterocycles. The molecule has 0 aliphatic carbocycles. The summed E-state index contributed by atoms with van der Waals surface area (Å²) >= 11 is 0. The summed E-state index contributed by atoms with van der Waals surface area (Å²) in [6.45, 7) is 3.56.